The van der Waals surface area contributed by atoms with E-state index < -0.39 is 23.3 Å². The van der Waals surface area contributed by atoms with Gasteiger partial charge in [-0.05, 0) is 43.5 Å². The van der Waals surface area contributed by atoms with Crippen molar-refractivity contribution in [3.63, 3.8) is 0 Å². The van der Waals surface area contributed by atoms with Gasteiger partial charge in [0.1, 0.15) is 18.4 Å². The highest BCUT2D eigenvalue weighted by Gasteiger charge is 2.51. The SMILES string of the molecule is CCOC(=O)CC1(c2ccc(OCc3ccccc3)cc2)CCN(C(C)C(=O)NO)C1=O. The molecule has 32 heavy (non-hydrogen) atoms. The van der Waals surface area contributed by atoms with Gasteiger partial charge in [0.15, 0.2) is 0 Å². The predicted octanol–water partition coefficient (Wildman–Crippen LogP) is 2.58. The molecule has 0 spiro atoms. The molecular weight excluding hydrogens is 412 g/mol. The zero-order valence-corrected chi connectivity index (χ0v) is 18.2. The fourth-order valence-electron chi connectivity index (χ4n) is 4.00. The van der Waals surface area contributed by atoms with Crippen LogP contribution in [0.3, 0.4) is 0 Å². The molecule has 2 amide bonds. The minimum atomic E-state index is -1.14. The van der Waals surface area contributed by atoms with Gasteiger partial charge in [-0.25, -0.2) is 5.48 Å². The summed E-state index contributed by atoms with van der Waals surface area (Å²) in [5.41, 5.74) is 2.13. The molecule has 3 rings (SSSR count). The van der Waals surface area contributed by atoms with E-state index in [1.54, 1.807) is 36.7 Å². The van der Waals surface area contributed by atoms with Crippen LogP contribution in [0.15, 0.2) is 54.6 Å². The molecule has 2 aromatic carbocycles. The van der Waals surface area contributed by atoms with Crippen molar-refractivity contribution in [3.05, 3.63) is 65.7 Å². The summed E-state index contributed by atoms with van der Waals surface area (Å²) >= 11 is 0. The molecule has 1 aliphatic rings. The van der Waals surface area contributed by atoms with Gasteiger partial charge in [-0.15, -0.1) is 0 Å². The van der Waals surface area contributed by atoms with E-state index in [0.717, 1.165) is 5.56 Å². The fraction of sp³-hybridized carbons (Fsp3) is 0.375. The lowest BCUT2D eigenvalue weighted by Crippen LogP contribution is -2.48. The van der Waals surface area contributed by atoms with Crippen molar-refractivity contribution in [1.29, 1.82) is 0 Å². The zero-order chi connectivity index (χ0) is 23.1. The number of hydroxylamine groups is 1. The van der Waals surface area contributed by atoms with Crippen LogP contribution in [0.5, 0.6) is 5.75 Å². The van der Waals surface area contributed by atoms with E-state index in [0.29, 0.717) is 24.3 Å². The van der Waals surface area contributed by atoms with Gasteiger partial charge in [-0.3, -0.25) is 19.6 Å². The number of ether oxygens (including phenoxy) is 2. The summed E-state index contributed by atoms with van der Waals surface area (Å²) in [4.78, 5) is 39.1. The van der Waals surface area contributed by atoms with Gasteiger partial charge in [0.25, 0.3) is 5.91 Å². The molecule has 0 aromatic heterocycles. The number of likely N-dealkylation sites (tertiary alicyclic amines) is 1. The molecule has 2 unspecified atom stereocenters. The van der Waals surface area contributed by atoms with Crippen molar-refractivity contribution < 1.29 is 29.1 Å². The number of carbonyl (C=O) groups excluding carboxylic acids is 3. The summed E-state index contributed by atoms with van der Waals surface area (Å²) < 4.78 is 10.9. The van der Waals surface area contributed by atoms with E-state index in [-0.39, 0.29) is 25.5 Å². The number of nitrogens with zero attached hydrogens (tertiary/aromatic N) is 1. The Kier molecular flexibility index (Phi) is 7.48. The molecule has 170 valence electrons. The van der Waals surface area contributed by atoms with Crippen molar-refractivity contribution in [2.75, 3.05) is 13.2 Å². The summed E-state index contributed by atoms with van der Waals surface area (Å²) in [6, 6.07) is 16.0. The Hall–Kier alpha value is -3.39. The van der Waals surface area contributed by atoms with Gasteiger partial charge >= 0.3 is 5.97 Å². The van der Waals surface area contributed by atoms with Crippen LogP contribution in [0.1, 0.15) is 37.8 Å². The number of hydrogen-bond acceptors (Lipinski definition) is 6. The number of benzene rings is 2. The van der Waals surface area contributed by atoms with E-state index in [9.17, 15) is 14.4 Å². The Balaban J connectivity index is 1.83. The van der Waals surface area contributed by atoms with E-state index in [1.807, 2.05) is 30.3 Å². The van der Waals surface area contributed by atoms with Crippen LogP contribution >= 0.6 is 0 Å². The third kappa shape index (κ3) is 4.91. The lowest BCUT2D eigenvalue weighted by molar-refractivity contribution is -0.149. The predicted molar refractivity (Wildman–Crippen MR) is 116 cm³/mol. The van der Waals surface area contributed by atoms with Crippen LogP contribution in [0.4, 0.5) is 0 Å². The third-order valence-corrected chi connectivity index (χ3v) is 5.81. The van der Waals surface area contributed by atoms with E-state index in [1.165, 1.54) is 11.8 Å². The maximum Gasteiger partial charge on any atom is 0.307 e. The van der Waals surface area contributed by atoms with Gasteiger partial charge in [0.05, 0.1) is 18.4 Å². The number of nitrogens with one attached hydrogen (secondary N) is 1. The molecule has 8 heteroatoms. The van der Waals surface area contributed by atoms with Crippen molar-refractivity contribution in [1.82, 2.24) is 10.4 Å². The highest BCUT2D eigenvalue weighted by Crippen LogP contribution is 2.40. The van der Waals surface area contributed by atoms with Crippen molar-refractivity contribution in [2.24, 2.45) is 0 Å². The monoisotopic (exact) mass is 440 g/mol. The average Bonchev–Trinajstić information content (AvgIpc) is 3.14. The Morgan fingerprint density at radius 2 is 1.84 bits per heavy atom. The highest BCUT2D eigenvalue weighted by molar-refractivity contribution is 5.97. The van der Waals surface area contributed by atoms with Gasteiger partial charge in [0, 0.05) is 6.54 Å². The molecule has 1 aliphatic heterocycles. The molecule has 0 bridgehead atoms. The lowest BCUT2D eigenvalue weighted by atomic mass is 9.76. The van der Waals surface area contributed by atoms with Gasteiger partial charge in [0.2, 0.25) is 5.91 Å². The Morgan fingerprint density at radius 1 is 1.16 bits per heavy atom. The average molecular weight is 440 g/mol. The van der Waals surface area contributed by atoms with Crippen LogP contribution < -0.4 is 10.2 Å². The minimum absolute atomic E-state index is 0.131. The standard InChI is InChI=1S/C24H28N2O6/c1-3-31-21(27)15-24(13-14-26(23(24)29)17(2)22(28)25-30)19-9-11-20(12-10-19)32-16-18-7-5-4-6-8-18/h4-12,17,30H,3,13-16H2,1-2H3,(H,25,28). The topological polar surface area (TPSA) is 105 Å². The second-order valence-corrected chi connectivity index (χ2v) is 7.76. The molecule has 2 aromatic rings. The fourth-order valence-corrected chi connectivity index (χ4v) is 4.00. The molecular formula is C24H28N2O6. The lowest BCUT2D eigenvalue weighted by Gasteiger charge is -2.29. The van der Waals surface area contributed by atoms with Crippen LogP contribution in [-0.4, -0.2) is 47.1 Å². The van der Waals surface area contributed by atoms with Gasteiger partial charge < -0.3 is 14.4 Å². The molecule has 2 N–H and O–H groups in total. The Labute approximate surface area is 187 Å². The summed E-state index contributed by atoms with van der Waals surface area (Å²) in [6.45, 7) is 4.14. The number of hydrogen-bond donors (Lipinski definition) is 2. The summed E-state index contributed by atoms with van der Waals surface area (Å²) in [5.74, 6) is -0.875. The number of esters is 1. The largest absolute Gasteiger partial charge is 0.489 e. The smallest absolute Gasteiger partial charge is 0.307 e. The zero-order valence-electron chi connectivity index (χ0n) is 18.2. The molecule has 1 fully saturated rings. The maximum absolute atomic E-state index is 13.5. The van der Waals surface area contributed by atoms with Crippen LogP contribution in [-0.2, 0) is 31.1 Å². The molecule has 2 atom stereocenters. The van der Waals surface area contributed by atoms with Crippen molar-refractivity contribution >= 4 is 17.8 Å². The first-order valence-electron chi connectivity index (χ1n) is 10.6. The van der Waals surface area contributed by atoms with E-state index >= 15 is 0 Å². The van der Waals surface area contributed by atoms with E-state index in [4.69, 9.17) is 14.7 Å². The molecule has 0 aliphatic carbocycles. The first-order valence-corrected chi connectivity index (χ1v) is 10.6. The van der Waals surface area contributed by atoms with E-state index in [2.05, 4.69) is 0 Å². The second-order valence-electron chi connectivity index (χ2n) is 7.76. The third-order valence-electron chi connectivity index (χ3n) is 5.81. The molecule has 0 radical (unpaired) electrons. The summed E-state index contributed by atoms with van der Waals surface area (Å²) in [6.07, 6.45) is 0.214. The van der Waals surface area contributed by atoms with Crippen LogP contribution in [0.25, 0.3) is 0 Å². The first-order chi connectivity index (χ1) is 15.4. The van der Waals surface area contributed by atoms with Crippen molar-refractivity contribution in [2.45, 2.75) is 44.8 Å². The summed E-state index contributed by atoms with van der Waals surface area (Å²) in [7, 11) is 0. The number of carbonyl (C=O) groups is 3. The number of amides is 2. The van der Waals surface area contributed by atoms with Crippen LogP contribution in [0, 0.1) is 0 Å². The quantitative estimate of drug-likeness (QED) is 0.353. The summed E-state index contributed by atoms with van der Waals surface area (Å²) in [5, 5.41) is 8.95. The van der Waals surface area contributed by atoms with Gasteiger partial charge in [-0.2, -0.15) is 0 Å². The first kappa shape index (κ1) is 23.3. The maximum atomic E-state index is 13.5. The number of rotatable bonds is 9. The molecule has 0 saturated carbocycles. The second kappa shape index (κ2) is 10.3. The normalized spacial score (nSPS) is 18.8. The highest BCUT2D eigenvalue weighted by atomic mass is 16.5. The van der Waals surface area contributed by atoms with Gasteiger partial charge in [-0.1, -0.05) is 42.5 Å². The molecule has 8 nitrogen and oxygen atoms in total. The molecule has 1 saturated heterocycles. The Bertz CT molecular complexity index is 947. The van der Waals surface area contributed by atoms with Crippen molar-refractivity contribution in [3.8, 4) is 5.75 Å². The Morgan fingerprint density at radius 3 is 2.47 bits per heavy atom. The molecule has 1 heterocycles. The minimum Gasteiger partial charge on any atom is -0.489 e. The van der Waals surface area contributed by atoms with Crippen LogP contribution in [0.2, 0.25) is 0 Å².